The lowest BCUT2D eigenvalue weighted by Crippen LogP contribution is -2.12. The molecule has 0 spiro atoms. The Morgan fingerprint density at radius 1 is 1.32 bits per heavy atom. The van der Waals surface area contributed by atoms with E-state index < -0.39 is 5.97 Å². The van der Waals surface area contributed by atoms with E-state index in [4.69, 9.17) is 5.11 Å². The Morgan fingerprint density at radius 3 is 2.63 bits per heavy atom. The van der Waals surface area contributed by atoms with E-state index in [1.165, 1.54) is 6.20 Å². The van der Waals surface area contributed by atoms with Crippen LogP contribution in [0, 0.1) is 6.92 Å². The number of aryl methyl sites for hydroxylation is 1. The van der Waals surface area contributed by atoms with Crippen molar-refractivity contribution in [2.24, 2.45) is 0 Å². The number of hydrogen-bond acceptors (Lipinski definition) is 4. The second-order valence-electron chi connectivity index (χ2n) is 4.02. The Labute approximate surface area is 108 Å². The SMILES string of the molecule is Cc1ccc(C(=O)Nc2cn(CC(=O)O)nn2)cc1. The summed E-state index contributed by atoms with van der Waals surface area (Å²) in [5, 5.41) is 18.4. The lowest BCUT2D eigenvalue weighted by Gasteiger charge is -2.01. The molecule has 1 heterocycles. The number of carbonyl (C=O) groups is 2. The first-order valence-corrected chi connectivity index (χ1v) is 5.54. The molecule has 1 aromatic carbocycles. The number of carbonyl (C=O) groups excluding carboxylic acids is 1. The predicted molar refractivity (Wildman–Crippen MR) is 66.8 cm³/mol. The molecular formula is C12H12N4O3. The molecule has 0 fully saturated rings. The highest BCUT2D eigenvalue weighted by Gasteiger charge is 2.09. The number of hydrogen-bond donors (Lipinski definition) is 2. The second-order valence-corrected chi connectivity index (χ2v) is 4.02. The smallest absolute Gasteiger partial charge is 0.325 e. The van der Waals surface area contributed by atoms with Gasteiger partial charge in [-0.3, -0.25) is 9.59 Å². The third kappa shape index (κ3) is 3.38. The van der Waals surface area contributed by atoms with Gasteiger partial charge in [0.2, 0.25) is 0 Å². The van der Waals surface area contributed by atoms with Crippen molar-refractivity contribution in [3.05, 3.63) is 41.6 Å². The van der Waals surface area contributed by atoms with Crippen LogP contribution in [0.15, 0.2) is 30.5 Å². The van der Waals surface area contributed by atoms with Crippen molar-refractivity contribution >= 4 is 17.7 Å². The summed E-state index contributed by atoms with van der Waals surface area (Å²) in [6.07, 6.45) is 1.36. The molecule has 2 aromatic rings. The van der Waals surface area contributed by atoms with Crippen molar-refractivity contribution in [1.82, 2.24) is 15.0 Å². The minimum Gasteiger partial charge on any atom is -0.480 e. The number of rotatable bonds is 4. The van der Waals surface area contributed by atoms with Crippen LogP contribution in [-0.2, 0) is 11.3 Å². The van der Waals surface area contributed by atoms with Gasteiger partial charge < -0.3 is 10.4 Å². The zero-order valence-electron chi connectivity index (χ0n) is 10.2. The summed E-state index contributed by atoms with van der Waals surface area (Å²) >= 11 is 0. The van der Waals surface area contributed by atoms with Crippen molar-refractivity contribution in [1.29, 1.82) is 0 Å². The van der Waals surface area contributed by atoms with E-state index in [-0.39, 0.29) is 18.3 Å². The molecule has 98 valence electrons. The van der Waals surface area contributed by atoms with E-state index in [1.54, 1.807) is 12.1 Å². The number of nitrogens with zero attached hydrogens (tertiary/aromatic N) is 3. The van der Waals surface area contributed by atoms with Gasteiger partial charge in [0.15, 0.2) is 5.82 Å². The molecule has 0 unspecified atom stereocenters. The van der Waals surface area contributed by atoms with Gasteiger partial charge in [-0.1, -0.05) is 22.9 Å². The standard InChI is InChI=1S/C12H12N4O3/c1-8-2-4-9(5-3-8)12(19)13-10-6-16(15-14-10)7-11(17)18/h2-6H,7H2,1H3,(H,13,19)(H,17,18). The van der Waals surface area contributed by atoms with E-state index >= 15 is 0 Å². The van der Waals surface area contributed by atoms with E-state index in [0.29, 0.717) is 5.56 Å². The number of carboxylic acids is 1. The molecule has 0 atom stereocenters. The fourth-order valence-corrected chi connectivity index (χ4v) is 1.46. The van der Waals surface area contributed by atoms with Crippen LogP contribution >= 0.6 is 0 Å². The zero-order valence-corrected chi connectivity index (χ0v) is 10.2. The van der Waals surface area contributed by atoms with Gasteiger partial charge in [0.1, 0.15) is 6.54 Å². The minimum atomic E-state index is -1.03. The summed E-state index contributed by atoms with van der Waals surface area (Å²) in [5.41, 5.74) is 1.56. The lowest BCUT2D eigenvalue weighted by atomic mass is 10.1. The molecule has 0 aliphatic carbocycles. The summed E-state index contributed by atoms with van der Waals surface area (Å²) < 4.78 is 1.13. The Hall–Kier alpha value is -2.70. The quantitative estimate of drug-likeness (QED) is 0.852. The molecule has 2 rings (SSSR count). The van der Waals surface area contributed by atoms with Gasteiger partial charge in [-0.15, -0.1) is 5.10 Å². The van der Waals surface area contributed by atoms with Gasteiger partial charge in [0.05, 0.1) is 6.20 Å². The van der Waals surface area contributed by atoms with Crippen LogP contribution in [0.4, 0.5) is 5.82 Å². The van der Waals surface area contributed by atoms with E-state index in [0.717, 1.165) is 10.2 Å². The number of aliphatic carboxylic acids is 1. The molecule has 7 nitrogen and oxygen atoms in total. The van der Waals surface area contributed by atoms with E-state index in [9.17, 15) is 9.59 Å². The van der Waals surface area contributed by atoms with Gasteiger partial charge in [-0.25, -0.2) is 4.68 Å². The minimum absolute atomic E-state index is 0.215. The zero-order chi connectivity index (χ0) is 13.8. The van der Waals surface area contributed by atoms with Crippen LogP contribution in [-0.4, -0.2) is 32.0 Å². The second kappa shape index (κ2) is 5.30. The highest BCUT2D eigenvalue weighted by Crippen LogP contribution is 2.07. The van der Waals surface area contributed by atoms with Crippen molar-refractivity contribution in [3.8, 4) is 0 Å². The molecule has 0 aliphatic rings. The maximum atomic E-state index is 11.9. The molecule has 1 aromatic heterocycles. The monoisotopic (exact) mass is 260 g/mol. The third-order valence-electron chi connectivity index (χ3n) is 2.39. The molecule has 0 aliphatic heterocycles. The lowest BCUT2D eigenvalue weighted by molar-refractivity contribution is -0.137. The Bertz CT molecular complexity index is 604. The summed E-state index contributed by atoms with van der Waals surface area (Å²) in [5.74, 6) is -1.13. The summed E-state index contributed by atoms with van der Waals surface area (Å²) in [6, 6.07) is 7.06. The van der Waals surface area contributed by atoms with Crippen molar-refractivity contribution in [2.75, 3.05) is 5.32 Å². The number of anilines is 1. The average molecular weight is 260 g/mol. The number of nitrogens with one attached hydrogen (secondary N) is 1. The molecule has 0 bridgehead atoms. The molecule has 0 radical (unpaired) electrons. The Kier molecular flexibility index (Phi) is 3.56. The van der Waals surface area contributed by atoms with E-state index in [1.807, 2.05) is 19.1 Å². The highest BCUT2D eigenvalue weighted by atomic mass is 16.4. The van der Waals surface area contributed by atoms with Crippen molar-refractivity contribution in [3.63, 3.8) is 0 Å². The Morgan fingerprint density at radius 2 is 2.00 bits per heavy atom. The van der Waals surface area contributed by atoms with Crippen LogP contribution in [0.25, 0.3) is 0 Å². The number of carboxylic acid groups (broad SMARTS) is 1. The molecule has 7 heteroatoms. The number of benzene rings is 1. The number of aromatic nitrogens is 3. The largest absolute Gasteiger partial charge is 0.480 e. The van der Waals surface area contributed by atoms with Crippen molar-refractivity contribution in [2.45, 2.75) is 13.5 Å². The van der Waals surface area contributed by atoms with Gasteiger partial charge in [-0.2, -0.15) is 0 Å². The van der Waals surface area contributed by atoms with Crippen LogP contribution in [0.1, 0.15) is 15.9 Å². The average Bonchev–Trinajstić information content (AvgIpc) is 2.76. The predicted octanol–water partition coefficient (Wildman–Crippen LogP) is 0.923. The Balaban J connectivity index is 2.04. The van der Waals surface area contributed by atoms with Crippen LogP contribution < -0.4 is 5.32 Å². The van der Waals surface area contributed by atoms with E-state index in [2.05, 4.69) is 15.6 Å². The first-order chi connectivity index (χ1) is 9.04. The van der Waals surface area contributed by atoms with Crippen LogP contribution in [0.2, 0.25) is 0 Å². The molecule has 19 heavy (non-hydrogen) atoms. The maximum Gasteiger partial charge on any atom is 0.325 e. The number of amides is 1. The fraction of sp³-hybridized carbons (Fsp3) is 0.167. The third-order valence-corrected chi connectivity index (χ3v) is 2.39. The molecule has 0 saturated heterocycles. The van der Waals surface area contributed by atoms with Crippen LogP contribution in [0.3, 0.4) is 0 Å². The summed E-state index contributed by atoms with van der Waals surface area (Å²) in [7, 11) is 0. The topological polar surface area (TPSA) is 97.1 Å². The van der Waals surface area contributed by atoms with Gasteiger partial charge in [-0.05, 0) is 19.1 Å². The highest BCUT2D eigenvalue weighted by molar-refractivity contribution is 6.03. The van der Waals surface area contributed by atoms with Gasteiger partial charge >= 0.3 is 5.97 Å². The molecule has 0 saturated carbocycles. The first kappa shape index (κ1) is 12.7. The van der Waals surface area contributed by atoms with Crippen molar-refractivity contribution < 1.29 is 14.7 Å². The van der Waals surface area contributed by atoms with Gasteiger partial charge in [0.25, 0.3) is 5.91 Å². The first-order valence-electron chi connectivity index (χ1n) is 5.54. The molecular weight excluding hydrogens is 248 g/mol. The maximum absolute atomic E-state index is 11.9. The normalized spacial score (nSPS) is 10.2. The fourth-order valence-electron chi connectivity index (χ4n) is 1.46. The van der Waals surface area contributed by atoms with Crippen LogP contribution in [0.5, 0.6) is 0 Å². The molecule has 1 amide bonds. The summed E-state index contributed by atoms with van der Waals surface area (Å²) in [4.78, 5) is 22.3. The van der Waals surface area contributed by atoms with Gasteiger partial charge in [0, 0.05) is 5.56 Å². The molecule has 2 N–H and O–H groups in total. The summed E-state index contributed by atoms with van der Waals surface area (Å²) in [6.45, 7) is 1.63.